The molecule has 0 spiro atoms. The second-order valence-corrected chi connectivity index (χ2v) is 14.4. The number of nitrogens with two attached hydrogens (primary N) is 1. The molecule has 7 N–H and O–H groups in total. The minimum atomic E-state index is -5.31. The number of benzene rings is 1. The fourth-order valence-corrected chi connectivity index (χ4v) is 7.27. The highest BCUT2D eigenvalue weighted by Crippen LogP contribution is 2.60. The smallest absolute Gasteiger partial charge is 0.387 e. The lowest BCUT2D eigenvalue weighted by atomic mass is 10.1. The predicted octanol–water partition coefficient (Wildman–Crippen LogP) is -0.812. The molecule has 1 aliphatic rings. The summed E-state index contributed by atoms with van der Waals surface area (Å²) in [7, 11) is -14.6. The lowest BCUT2D eigenvalue weighted by Crippen LogP contribution is -2.33. The normalized spacial score (nSPS) is 23.0. The average Bonchev–Trinajstić information content (AvgIpc) is 3.69. The first-order valence-electron chi connectivity index (χ1n) is 12.9. The summed E-state index contributed by atoms with van der Waals surface area (Å²) >= 11 is 0. The lowest BCUT2D eigenvalue weighted by Gasteiger charge is -2.19. The summed E-state index contributed by atoms with van der Waals surface area (Å²) in [6.45, 7) is -1.82. The van der Waals surface area contributed by atoms with Crippen LogP contribution in [-0.4, -0.2) is 94.4 Å². The monoisotopic (exact) mass is 709 g/mol. The van der Waals surface area contributed by atoms with Gasteiger partial charge in [0, 0.05) is 6.54 Å². The highest BCUT2D eigenvalue weighted by molar-refractivity contribution is 7.89. The SMILES string of the molecule is Nc1ncnc2c1ncn2[C@@H]1O[C@H](COP(=O)(O)OP(=O)(O)OCc2cn(CCNS(=O)(=O)c3cccc(F)c3)nn2)[C@@H](O)[C@H]1O. The number of phosphoric acid groups is 2. The number of nitrogens with zero attached hydrogens (tertiary/aromatic N) is 7. The van der Waals surface area contributed by atoms with Gasteiger partial charge in [0.1, 0.15) is 48.3 Å². The molecule has 4 aromatic rings. The molecule has 0 amide bonds. The first-order chi connectivity index (χ1) is 21.6. The van der Waals surface area contributed by atoms with E-state index in [0.717, 1.165) is 18.5 Å². The van der Waals surface area contributed by atoms with Crippen LogP contribution >= 0.6 is 15.6 Å². The van der Waals surface area contributed by atoms with Gasteiger partial charge in [-0.2, -0.15) is 4.31 Å². The minimum absolute atomic E-state index is 0.0406. The number of aromatic nitrogens is 7. The number of rotatable bonds is 14. The number of ether oxygens (including phenoxy) is 1. The Balaban J connectivity index is 1.09. The number of aliphatic hydroxyl groups is 2. The Morgan fingerprint density at radius 2 is 1.87 bits per heavy atom. The zero-order valence-corrected chi connectivity index (χ0v) is 25.7. The van der Waals surface area contributed by atoms with Crippen LogP contribution in [0, 0.1) is 5.82 Å². The van der Waals surface area contributed by atoms with Crippen molar-refractivity contribution in [2.24, 2.45) is 0 Å². The Labute approximate surface area is 258 Å². The van der Waals surface area contributed by atoms with E-state index in [1.807, 2.05) is 0 Å². The van der Waals surface area contributed by atoms with Crippen LogP contribution in [-0.2, 0) is 50.4 Å². The maximum atomic E-state index is 13.3. The van der Waals surface area contributed by atoms with Crippen LogP contribution < -0.4 is 10.5 Å². The zero-order chi connectivity index (χ0) is 33.3. The first kappa shape index (κ1) is 34.0. The molecule has 0 aliphatic carbocycles. The number of hydrogen-bond acceptors (Lipinski definition) is 16. The Morgan fingerprint density at radius 1 is 1.11 bits per heavy atom. The fourth-order valence-electron chi connectivity index (χ4n) is 4.17. The van der Waals surface area contributed by atoms with Crippen LogP contribution in [0.25, 0.3) is 11.2 Å². The van der Waals surface area contributed by atoms with E-state index in [0.29, 0.717) is 0 Å². The second-order valence-electron chi connectivity index (χ2n) is 9.55. The van der Waals surface area contributed by atoms with Crippen molar-refractivity contribution in [1.82, 2.24) is 39.2 Å². The second kappa shape index (κ2) is 13.4. The molecule has 4 heterocycles. The molecule has 0 bridgehead atoms. The van der Waals surface area contributed by atoms with Crippen LogP contribution in [0.4, 0.5) is 10.2 Å². The van der Waals surface area contributed by atoms with Crippen LogP contribution in [0.2, 0.25) is 0 Å². The third kappa shape index (κ3) is 7.97. The van der Waals surface area contributed by atoms with Crippen molar-refractivity contribution in [2.45, 2.75) is 42.6 Å². The molecule has 1 aromatic carbocycles. The third-order valence-electron chi connectivity index (χ3n) is 6.31. The molecule has 46 heavy (non-hydrogen) atoms. The van der Waals surface area contributed by atoms with Crippen LogP contribution in [0.15, 0.2) is 48.0 Å². The van der Waals surface area contributed by atoms with Gasteiger partial charge in [0.05, 0.1) is 30.6 Å². The van der Waals surface area contributed by atoms with Gasteiger partial charge in [0.25, 0.3) is 0 Å². The van der Waals surface area contributed by atoms with E-state index in [1.165, 1.54) is 33.9 Å². The number of hydrogen-bond donors (Lipinski definition) is 6. The molecule has 250 valence electrons. The van der Waals surface area contributed by atoms with Gasteiger partial charge in [-0.05, 0) is 18.2 Å². The topological polar surface area (TPSA) is 298 Å². The van der Waals surface area contributed by atoms with Gasteiger partial charge in [-0.15, -0.1) is 5.10 Å². The Hall–Kier alpha value is -3.31. The van der Waals surface area contributed by atoms with E-state index in [4.69, 9.17) is 15.0 Å². The average molecular weight is 710 g/mol. The van der Waals surface area contributed by atoms with Crippen LogP contribution in [0.1, 0.15) is 11.9 Å². The molecule has 21 nitrogen and oxygen atoms in total. The highest BCUT2D eigenvalue weighted by atomic mass is 32.2. The molecule has 1 aliphatic heterocycles. The van der Waals surface area contributed by atoms with Crippen molar-refractivity contribution in [3.63, 3.8) is 0 Å². The zero-order valence-electron chi connectivity index (χ0n) is 23.1. The summed E-state index contributed by atoms with van der Waals surface area (Å²) in [4.78, 5) is 31.5. The first-order valence-corrected chi connectivity index (χ1v) is 17.4. The van der Waals surface area contributed by atoms with E-state index in [1.54, 1.807) is 0 Å². The molecular formula is C21H26FN9O12P2S. The van der Waals surface area contributed by atoms with Gasteiger partial charge in [0.2, 0.25) is 10.0 Å². The summed E-state index contributed by atoms with van der Waals surface area (Å²) in [6, 6.07) is 4.40. The fraction of sp³-hybridized carbons (Fsp3) is 0.381. The van der Waals surface area contributed by atoms with E-state index in [2.05, 4.69) is 38.8 Å². The quantitative estimate of drug-likeness (QED) is 0.0872. The number of aliphatic hydroxyl groups excluding tert-OH is 2. The number of phosphoric ester groups is 2. The molecule has 6 atom stereocenters. The minimum Gasteiger partial charge on any atom is -0.387 e. The van der Waals surface area contributed by atoms with Crippen molar-refractivity contribution >= 4 is 42.7 Å². The van der Waals surface area contributed by atoms with E-state index >= 15 is 0 Å². The number of nitrogens with one attached hydrogen (secondary N) is 1. The molecule has 1 saturated heterocycles. The van der Waals surface area contributed by atoms with Gasteiger partial charge >= 0.3 is 15.6 Å². The van der Waals surface area contributed by atoms with Gasteiger partial charge in [-0.3, -0.25) is 18.3 Å². The number of sulfonamides is 1. The maximum absolute atomic E-state index is 13.3. The lowest BCUT2D eigenvalue weighted by molar-refractivity contribution is -0.0504. The van der Waals surface area contributed by atoms with Crippen molar-refractivity contribution in [3.8, 4) is 0 Å². The molecular weight excluding hydrogens is 683 g/mol. The molecule has 25 heteroatoms. The number of anilines is 1. The standard InChI is InChI=1S/C21H26FN9O12P2S/c22-12-2-1-3-14(6-12)46(38,39)27-4-5-30-7-13(28-29-30)8-40-44(34,35)43-45(36,37)41-9-15-17(32)18(33)21(42-15)31-11-26-16-19(23)24-10-25-20(16)31/h1-3,6-7,10-11,15,17-18,21,27,32-33H,4-5,8-9H2,(H,34,35)(H,36,37)(H2,23,24,25)/t15-,17-,18-,21-/m1/s1. The molecule has 2 unspecified atom stereocenters. The molecule has 0 saturated carbocycles. The molecule has 3 aromatic heterocycles. The number of nitrogen functional groups attached to an aromatic ring is 1. The van der Waals surface area contributed by atoms with Gasteiger partial charge < -0.3 is 30.5 Å². The van der Waals surface area contributed by atoms with Gasteiger partial charge in [-0.25, -0.2) is 41.6 Å². The largest absolute Gasteiger partial charge is 0.481 e. The van der Waals surface area contributed by atoms with Crippen molar-refractivity contribution in [2.75, 3.05) is 18.9 Å². The number of halogens is 1. The molecule has 0 radical (unpaired) electrons. The summed E-state index contributed by atoms with van der Waals surface area (Å²) < 4.78 is 86.4. The van der Waals surface area contributed by atoms with E-state index < -0.39 is 69.2 Å². The summed E-state index contributed by atoms with van der Waals surface area (Å²) in [5, 5.41) is 28.3. The van der Waals surface area contributed by atoms with E-state index in [-0.39, 0.29) is 40.7 Å². The van der Waals surface area contributed by atoms with Gasteiger partial charge in [0.15, 0.2) is 17.7 Å². The van der Waals surface area contributed by atoms with Crippen LogP contribution in [0.5, 0.6) is 0 Å². The number of imidazole rings is 1. The van der Waals surface area contributed by atoms with Crippen molar-refractivity contribution in [1.29, 1.82) is 0 Å². The third-order valence-corrected chi connectivity index (χ3v) is 10.3. The Bertz CT molecular complexity index is 1910. The highest BCUT2D eigenvalue weighted by Gasteiger charge is 2.46. The Kier molecular flexibility index (Phi) is 9.94. The van der Waals surface area contributed by atoms with Crippen molar-refractivity contribution < 1.29 is 60.0 Å². The van der Waals surface area contributed by atoms with Crippen LogP contribution in [0.3, 0.4) is 0 Å². The molecule has 5 rings (SSSR count). The summed E-state index contributed by atoms with van der Waals surface area (Å²) in [5.74, 6) is -0.671. The summed E-state index contributed by atoms with van der Waals surface area (Å²) in [6.07, 6.45) is -2.28. The Morgan fingerprint density at radius 3 is 2.63 bits per heavy atom. The predicted molar refractivity (Wildman–Crippen MR) is 149 cm³/mol. The maximum Gasteiger partial charge on any atom is 0.481 e. The van der Waals surface area contributed by atoms with Crippen molar-refractivity contribution in [3.05, 3.63) is 54.6 Å². The van der Waals surface area contributed by atoms with E-state index in [9.17, 15) is 41.9 Å². The number of fused-ring (bicyclic) bond motifs is 1. The summed E-state index contributed by atoms with van der Waals surface area (Å²) in [5.41, 5.74) is 6.08. The molecule has 1 fully saturated rings. The van der Waals surface area contributed by atoms with Gasteiger partial charge in [-0.1, -0.05) is 11.3 Å².